The smallest absolute Gasteiger partial charge is 0.0613 e. The van der Waals surface area contributed by atoms with Gasteiger partial charge in [0.05, 0.1) is 6.61 Å². The maximum Gasteiger partial charge on any atom is 0.0613 e. The first kappa shape index (κ1) is 12.9. The van der Waals surface area contributed by atoms with E-state index in [1.165, 1.54) is 0 Å². The summed E-state index contributed by atoms with van der Waals surface area (Å²) in [6.45, 7) is 8.86. The summed E-state index contributed by atoms with van der Waals surface area (Å²) in [5.74, 6) is 0. The molecule has 0 aromatic heterocycles. The van der Waals surface area contributed by atoms with Gasteiger partial charge in [0.1, 0.15) is 0 Å². The summed E-state index contributed by atoms with van der Waals surface area (Å²) in [5.41, 5.74) is -0.0301. The lowest BCUT2D eigenvalue weighted by atomic mass is 9.89. The fourth-order valence-electron chi connectivity index (χ4n) is 2.04. The van der Waals surface area contributed by atoms with E-state index in [9.17, 15) is 5.11 Å². The van der Waals surface area contributed by atoms with Crippen molar-refractivity contribution in [1.29, 1.82) is 0 Å². The van der Waals surface area contributed by atoms with Gasteiger partial charge in [0.2, 0.25) is 0 Å². The Balaban J connectivity index is 4.24. The van der Waals surface area contributed by atoms with E-state index in [1.807, 2.05) is 0 Å². The van der Waals surface area contributed by atoms with E-state index in [4.69, 9.17) is 0 Å². The van der Waals surface area contributed by atoms with Crippen LogP contribution in [0.15, 0.2) is 0 Å². The van der Waals surface area contributed by atoms with Gasteiger partial charge < -0.3 is 10.4 Å². The number of aliphatic hydroxyl groups excluding tert-OH is 1. The molecule has 2 nitrogen and oxygen atoms in total. The standard InChI is InChI=1S/C11H25NO/c1-5-7-11(9-13,8-6-2)12-10(3)4/h10,12-13H,5-9H2,1-4H3. The van der Waals surface area contributed by atoms with Crippen molar-refractivity contribution in [3.63, 3.8) is 0 Å². The number of hydrogen-bond acceptors (Lipinski definition) is 2. The number of aliphatic hydroxyl groups is 1. The molecule has 2 heteroatoms. The number of hydrogen-bond donors (Lipinski definition) is 2. The zero-order chi connectivity index (χ0) is 10.3. The molecule has 13 heavy (non-hydrogen) atoms. The second kappa shape index (κ2) is 6.39. The van der Waals surface area contributed by atoms with Crippen LogP contribution in [-0.4, -0.2) is 23.3 Å². The summed E-state index contributed by atoms with van der Waals surface area (Å²) in [6, 6.07) is 0.449. The maximum absolute atomic E-state index is 9.43. The molecule has 0 spiro atoms. The summed E-state index contributed by atoms with van der Waals surface area (Å²) < 4.78 is 0. The lowest BCUT2D eigenvalue weighted by Crippen LogP contribution is -2.51. The summed E-state index contributed by atoms with van der Waals surface area (Å²) in [5, 5.41) is 12.9. The highest BCUT2D eigenvalue weighted by Gasteiger charge is 2.27. The molecule has 0 heterocycles. The predicted molar refractivity (Wildman–Crippen MR) is 57.9 cm³/mol. The lowest BCUT2D eigenvalue weighted by Gasteiger charge is -2.35. The Morgan fingerprint density at radius 3 is 1.85 bits per heavy atom. The third-order valence-electron chi connectivity index (χ3n) is 2.35. The van der Waals surface area contributed by atoms with Crippen LogP contribution in [0.4, 0.5) is 0 Å². The fraction of sp³-hybridized carbons (Fsp3) is 1.00. The third-order valence-corrected chi connectivity index (χ3v) is 2.35. The predicted octanol–water partition coefficient (Wildman–Crippen LogP) is 2.32. The van der Waals surface area contributed by atoms with E-state index in [0.29, 0.717) is 6.04 Å². The second-order valence-electron chi connectivity index (χ2n) is 4.24. The Kier molecular flexibility index (Phi) is 6.35. The van der Waals surface area contributed by atoms with E-state index >= 15 is 0 Å². The molecular formula is C11H25NO. The van der Waals surface area contributed by atoms with Crippen LogP contribution >= 0.6 is 0 Å². The molecule has 0 atom stereocenters. The summed E-state index contributed by atoms with van der Waals surface area (Å²) in [4.78, 5) is 0. The highest BCUT2D eigenvalue weighted by atomic mass is 16.3. The molecule has 0 aromatic carbocycles. The van der Waals surface area contributed by atoms with Gasteiger partial charge in [0.15, 0.2) is 0 Å². The highest BCUT2D eigenvalue weighted by molar-refractivity contribution is 4.87. The molecule has 0 amide bonds. The van der Waals surface area contributed by atoms with Crippen molar-refractivity contribution in [2.45, 2.75) is 65.0 Å². The topological polar surface area (TPSA) is 32.3 Å². The molecule has 0 aromatic rings. The van der Waals surface area contributed by atoms with Gasteiger partial charge in [-0.05, 0) is 12.8 Å². The van der Waals surface area contributed by atoms with Gasteiger partial charge >= 0.3 is 0 Å². The van der Waals surface area contributed by atoms with Gasteiger partial charge in [-0.3, -0.25) is 0 Å². The quantitative estimate of drug-likeness (QED) is 0.641. The number of rotatable bonds is 7. The van der Waals surface area contributed by atoms with E-state index in [-0.39, 0.29) is 12.1 Å². The van der Waals surface area contributed by atoms with Crippen LogP contribution in [-0.2, 0) is 0 Å². The van der Waals surface area contributed by atoms with Gasteiger partial charge in [-0.25, -0.2) is 0 Å². The Bertz CT molecular complexity index is 117. The van der Waals surface area contributed by atoms with Gasteiger partial charge in [-0.2, -0.15) is 0 Å². The van der Waals surface area contributed by atoms with Crippen molar-refractivity contribution in [3.8, 4) is 0 Å². The fourth-order valence-corrected chi connectivity index (χ4v) is 2.04. The molecule has 2 N–H and O–H groups in total. The Labute approximate surface area is 82.7 Å². The molecule has 0 fully saturated rings. The van der Waals surface area contributed by atoms with Gasteiger partial charge in [-0.15, -0.1) is 0 Å². The van der Waals surface area contributed by atoms with E-state index in [1.54, 1.807) is 0 Å². The van der Waals surface area contributed by atoms with Gasteiger partial charge in [0.25, 0.3) is 0 Å². The minimum Gasteiger partial charge on any atom is -0.394 e. The van der Waals surface area contributed by atoms with Crippen LogP contribution in [0.5, 0.6) is 0 Å². The molecule has 0 radical (unpaired) electrons. The lowest BCUT2D eigenvalue weighted by molar-refractivity contribution is 0.131. The van der Waals surface area contributed by atoms with Crippen molar-refractivity contribution in [2.24, 2.45) is 0 Å². The average Bonchev–Trinajstić information content (AvgIpc) is 2.04. The Hall–Kier alpha value is -0.0800. The van der Waals surface area contributed by atoms with Crippen LogP contribution in [0.1, 0.15) is 53.4 Å². The number of nitrogens with one attached hydrogen (secondary N) is 1. The molecule has 0 bridgehead atoms. The first-order valence-electron chi connectivity index (χ1n) is 5.48. The minimum absolute atomic E-state index is 0.0301. The van der Waals surface area contributed by atoms with Crippen LogP contribution in [0.2, 0.25) is 0 Å². The largest absolute Gasteiger partial charge is 0.394 e. The molecule has 0 unspecified atom stereocenters. The summed E-state index contributed by atoms with van der Waals surface area (Å²) in [6.07, 6.45) is 4.38. The maximum atomic E-state index is 9.43. The summed E-state index contributed by atoms with van der Waals surface area (Å²) >= 11 is 0. The molecule has 0 aliphatic carbocycles. The molecule has 0 saturated carbocycles. The van der Waals surface area contributed by atoms with Crippen molar-refractivity contribution in [3.05, 3.63) is 0 Å². The van der Waals surface area contributed by atoms with Crippen LogP contribution in [0, 0.1) is 0 Å². The van der Waals surface area contributed by atoms with Gasteiger partial charge in [0, 0.05) is 11.6 Å². The average molecular weight is 187 g/mol. The highest BCUT2D eigenvalue weighted by Crippen LogP contribution is 2.19. The van der Waals surface area contributed by atoms with E-state index in [0.717, 1.165) is 25.7 Å². The van der Waals surface area contributed by atoms with Crippen LogP contribution in [0.3, 0.4) is 0 Å². The van der Waals surface area contributed by atoms with Crippen LogP contribution in [0.25, 0.3) is 0 Å². The monoisotopic (exact) mass is 187 g/mol. The Morgan fingerprint density at radius 1 is 1.15 bits per heavy atom. The van der Waals surface area contributed by atoms with Gasteiger partial charge in [-0.1, -0.05) is 40.5 Å². The summed E-state index contributed by atoms with van der Waals surface area (Å²) in [7, 11) is 0. The minimum atomic E-state index is -0.0301. The second-order valence-corrected chi connectivity index (χ2v) is 4.24. The first-order chi connectivity index (χ1) is 6.10. The van der Waals surface area contributed by atoms with E-state index in [2.05, 4.69) is 33.0 Å². The van der Waals surface area contributed by atoms with Crippen molar-refractivity contribution < 1.29 is 5.11 Å². The normalized spacial score (nSPS) is 12.5. The molecule has 0 aliphatic heterocycles. The molecular weight excluding hydrogens is 162 g/mol. The van der Waals surface area contributed by atoms with Crippen molar-refractivity contribution >= 4 is 0 Å². The van der Waals surface area contributed by atoms with Crippen LogP contribution < -0.4 is 5.32 Å². The molecule has 0 saturated heterocycles. The van der Waals surface area contributed by atoms with E-state index < -0.39 is 0 Å². The van der Waals surface area contributed by atoms with Crippen molar-refractivity contribution in [1.82, 2.24) is 5.32 Å². The first-order valence-corrected chi connectivity index (χ1v) is 5.48. The third kappa shape index (κ3) is 4.63. The molecule has 0 rings (SSSR count). The zero-order valence-corrected chi connectivity index (χ0v) is 9.56. The SMILES string of the molecule is CCCC(CO)(CCC)NC(C)C. The van der Waals surface area contributed by atoms with Crippen molar-refractivity contribution in [2.75, 3.05) is 6.61 Å². The molecule has 0 aliphatic rings. The Morgan fingerprint density at radius 2 is 1.62 bits per heavy atom. The zero-order valence-electron chi connectivity index (χ0n) is 9.56. The molecule has 80 valence electrons.